The lowest BCUT2D eigenvalue weighted by atomic mass is 10.1. The summed E-state index contributed by atoms with van der Waals surface area (Å²) in [6, 6.07) is 14.4. The first-order valence-corrected chi connectivity index (χ1v) is 9.54. The molecule has 2 aromatic carbocycles. The molecule has 0 spiro atoms. The average Bonchev–Trinajstić information content (AvgIpc) is 2.69. The molecule has 0 N–H and O–H groups in total. The highest BCUT2D eigenvalue weighted by atomic mass is 19.1. The zero-order valence-electron chi connectivity index (χ0n) is 16.8. The highest BCUT2D eigenvalue weighted by Crippen LogP contribution is 2.14. The predicted octanol–water partition coefficient (Wildman–Crippen LogP) is 4.29. The quantitative estimate of drug-likeness (QED) is 0.605. The third kappa shape index (κ3) is 6.80. The van der Waals surface area contributed by atoms with Crippen LogP contribution in [0.4, 0.5) is 4.39 Å². The molecule has 1 amide bonds. The molecule has 0 aromatic heterocycles. The van der Waals surface area contributed by atoms with Gasteiger partial charge in [0, 0.05) is 19.5 Å². The van der Waals surface area contributed by atoms with Crippen LogP contribution < -0.4 is 0 Å². The van der Waals surface area contributed by atoms with Gasteiger partial charge in [0.2, 0.25) is 5.91 Å². The van der Waals surface area contributed by atoms with Crippen molar-refractivity contribution in [3.63, 3.8) is 0 Å². The summed E-state index contributed by atoms with van der Waals surface area (Å²) >= 11 is 0. The maximum absolute atomic E-state index is 13.2. The normalized spacial score (nSPS) is 11.7. The summed E-state index contributed by atoms with van der Waals surface area (Å²) < 4.78 is 17.9. The van der Waals surface area contributed by atoms with Crippen molar-refractivity contribution in [2.45, 2.75) is 39.7 Å². The van der Waals surface area contributed by atoms with E-state index in [0.29, 0.717) is 13.0 Å². The van der Waals surface area contributed by atoms with Crippen LogP contribution in [0.1, 0.15) is 36.5 Å². The van der Waals surface area contributed by atoms with Crippen LogP contribution in [0.25, 0.3) is 0 Å². The molecule has 0 saturated heterocycles. The second kappa shape index (κ2) is 10.6. The monoisotopic (exact) mass is 385 g/mol. The summed E-state index contributed by atoms with van der Waals surface area (Å²) in [5.74, 6) is -1.11. The molecule has 2 aromatic rings. The van der Waals surface area contributed by atoms with E-state index in [4.69, 9.17) is 4.74 Å². The van der Waals surface area contributed by atoms with Crippen LogP contribution in [-0.4, -0.2) is 30.4 Å². The van der Waals surface area contributed by atoms with E-state index in [0.717, 1.165) is 18.4 Å². The second-order valence-electron chi connectivity index (χ2n) is 7.16. The Morgan fingerprint density at radius 2 is 1.64 bits per heavy atom. The standard InChI is InChI=1S/C23H28FNO3/c1-17-7-9-19(10-8-17)5-4-6-22(26)25(15-18(2)23(27)28-3)16-20-11-13-21(24)14-12-20/h7-14,18H,4-6,15-16H2,1-3H3. The number of hydrogen-bond donors (Lipinski definition) is 0. The van der Waals surface area contributed by atoms with E-state index in [1.807, 2.05) is 6.92 Å². The summed E-state index contributed by atoms with van der Waals surface area (Å²) in [5.41, 5.74) is 3.24. The van der Waals surface area contributed by atoms with Gasteiger partial charge in [-0.1, -0.05) is 48.9 Å². The zero-order valence-corrected chi connectivity index (χ0v) is 16.8. The second-order valence-corrected chi connectivity index (χ2v) is 7.16. The average molecular weight is 385 g/mol. The van der Waals surface area contributed by atoms with Crippen LogP contribution >= 0.6 is 0 Å². The summed E-state index contributed by atoms with van der Waals surface area (Å²) in [5, 5.41) is 0. The van der Waals surface area contributed by atoms with Crippen molar-refractivity contribution in [3.8, 4) is 0 Å². The van der Waals surface area contributed by atoms with Gasteiger partial charge in [-0.25, -0.2) is 4.39 Å². The first-order valence-electron chi connectivity index (χ1n) is 9.54. The van der Waals surface area contributed by atoms with Crippen LogP contribution in [0.5, 0.6) is 0 Å². The Hall–Kier alpha value is -2.69. The largest absolute Gasteiger partial charge is 0.469 e. The topological polar surface area (TPSA) is 46.6 Å². The number of methoxy groups -OCH3 is 1. The van der Waals surface area contributed by atoms with Gasteiger partial charge in [-0.2, -0.15) is 0 Å². The van der Waals surface area contributed by atoms with Gasteiger partial charge in [0.1, 0.15) is 5.82 Å². The fourth-order valence-electron chi connectivity index (χ4n) is 3.03. The molecule has 0 aliphatic carbocycles. The van der Waals surface area contributed by atoms with Gasteiger partial charge in [-0.05, 0) is 43.0 Å². The number of ether oxygens (including phenoxy) is 1. The van der Waals surface area contributed by atoms with E-state index in [1.165, 1.54) is 30.4 Å². The van der Waals surface area contributed by atoms with Crippen LogP contribution in [0, 0.1) is 18.7 Å². The van der Waals surface area contributed by atoms with Gasteiger partial charge in [0.25, 0.3) is 0 Å². The van der Waals surface area contributed by atoms with Gasteiger partial charge in [-0.15, -0.1) is 0 Å². The molecule has 1 atom stereocenters. The van der Waals surface area contributed by atoms with Crippen LogP contribution in [0.3, 0.4) is 0 Å². The van der Waals surface area contributed by atoms with Gasteiger partial charge in [-0.3, -0.25) is 9.59 Å². The summed E-state index contributed by atoms with van der Waals surface area (Å²) in [7, 11) is 1.34. The molecule has 0 aliphatic heterocycles. The first kappa shape index (κ1) is 21.6. The van der Waals surface area contributed by atoms with Crippen molar-refractivity contribution in [1.82, 2.24) is 4.90 Å². The minimum absolute atomic E-state index is 0.0211. The van der Waals surface area contributed by atoms with Gasteiger partial charge < -0.3 is 9.64 Å². The molecule has 0 radical (unpaired) electrons. The molecule has 0 aliphatic rings. The molecular formula is C23H28FNO3. The molecule has 4 nitrogen and oxygen atoms in total. The lowest BCUT2D eigenvalue weighted by Crippen LogP contribution is -2.36. The van der Waals surface area contributed by atoms with Gasteiger partial charge >= 0.3 is 5.97 Å². The number of carbonyl (C=O) groups is 2. The number of hydrogen-bond acceptors (Lipinski definition) is 3. The highest BCUT2D eigenvalue weighted by Gasteiger charge is 2.21. The van der Waals surface area contributed by atoms with Crippen molar-refractivity contribution in [2.75, 3.05) is 13.7 Å². The van der Waals surface area contributed by atoms with E-state index >= 15 is 0 Å². The summed E-state index contributed by atoms with van der Waals surface area (Å²) in [6.07, 6.45) is 1.94. The van der Waals surface area contributed by atoms with Crippen molar-refractivity contribution < 1.29 is 18.7 Å². The van der Waals surface area contributed by atoms with E-state index in [2.05, 4.69) is 24.3 Å². The Labute approximate surface area is 166 Å². The van der Waals surface area contributed by atoms with Crippen LogP contribution in [0.2, 0.25) is 0 Å². The fraction of sp³-hybridized carbons (Fsp3) is 0.391. The van der Waals surface area contributed by atoms with Gasteiger partial charge in [0.05, 0.1) is 13.0 Å². The minimum Gasteiger partial charge on any atom is -0.469 e. The molecule has 0 heterocycles. The van der Waals surface area contributed by atoms with E-state index in [-0.39, 0.29) is 24.2 Å². The molecule has 0 fully saturated rings. The van der Waals surface area contributed by atoms with Crippen LogP contribution in [-0.2, 0) is 27.3 Å². The molecule has 5 heteroatoms. The van der Waals surface area contributed by atoms with E-state index in [9.17, 15) is 14.0 Å². The van der Waals surface area contributed by atoms with Crippen molar-refractivity contribution in [1.29, 1.82) is 0 Å². The van der Waals surface area contributed by atoms with Crippen molar-refractivity contribution in [2.24, 2.45) is 5.92 Å². The Kier molecular flexibility index (Phi) is 8.18. The molecule has 0 saturated carbocycles. The fourth-order valence-corrected chi connectivity index (χ4v) is 3.03. The van der Waals surface area contributed by atoms with E-state index in [1.54, 1.807) is 24.0 Å². The lowest BCUT2D eigenvalue weighted by molar-refractivity contribution is -0.146. The number of aryl methyl sites for hydroxylation is 2. The Bertz CT molecular complexity index is 771. The lowest BCUT2D eigenvalue weighted by Gasteiger charge is -2.25. The first-order chi connectivity index (χ1) is 13.4. The number of amides is 1. The zero-order chi connectivity index (χ0) is 20.5. The molecule has 1 unspecified atom stereocenters. The molecular weight excluding hydrogens is 357 g/mol. The maximum atomic E-state index is 13.2. The third-order valence-electron chi connectivity index (χ3n) is 4.71. The van der Waals surface area contributed by atoms with E-state index < -0.39 is 5.92 Å². The smallest absolute Gasteiger partial charge is 0.310 e. The van der Waals surface area contributed by atoms with Crippen molar-refractivity contribution >= 4 is 11.9 Å². The summed E-state index contributed by atoms with van der Waals surface area (Å²) in [4.78, 5) is 26.2. The van der Waals surface area contributed by atoms with Gasteiger partial charge in [0.15, 0.2) is 0 Å². The Balaban J connectivity index is 1.99. The Morgan fingerprint density at radius 1 is 1.04 bits per heavy atom. The SMILES string of the molecule is COC(=O)C(C)CN(Cc1ccc(F)cc1)C(=O)CCCc1ccc(C)cc1. The number of esters is 1. The Morgan fingerprint density at radius 3 is 2.25 bits per heavy atom. The highest BCUT2D eigenvalue weighted by molar-refractivity contribution is 5.78. The number of nitrogens with zero attached hydrogens (tertiary/aromatic N) is 1. The minimum atomic E-state index is -0.425. The molecule has 28 heavy (non-hydrogen) atoms. The maximum Gasteiger partial charge on any atom is 0.310 e. The summed E-state index contributed by atoms with van der Waals surface area (Å²) in [6.45, 7) is 4.39. The molecule has 2 rings (SSSR count). The number of benzene rings is 2. The van der Waals surface area contributed by atoms with Crippen molar-refractivity contribution in [3.05, 3.63) is 71.0 Å². The third-order valence-corrected chi connectivity index (χ3v) is 4.71. The number of halogens is 1. The predicted molar refractivity (Wildman–Crippen MR) is 107 cm³/mol. The number of carbonyl (C=O) groups excluding carboxylic acids is 2. The molecule has 150 valence electrons. The molecule has 0 bridgehead atoms. The number of rotatable bonds is 9. The van der Waals surface area contributed by atoms with Crippen LogP contribution in [0.15, 0.2) is 48.5 Å².